The smallest absolute Gasteiger partial charge is 0.255 e. The Morgan fingerprint density at radius 1 is 1.21 bits per heavy atom. The predicted molar refractivity (Wildman–Crippen MR) is 88.0 cm³/mol. The summed E-state index contributed by atoms with van der Waals surface area (Å²) in [6.07, 6.45) is 0.785. The zero-order valence-corrected chi connectivity index (χ0v) is 13.3. The highest BCUT2D eigenvalue weighted by molar-refractivity contribution is 6.32. The molecule has 0 saturated heterocycles. The normalized spacial score (nSPS) is 14.8. The molecule has 122 valence electrons. The highest BCUT2D eigenvalue weighted by Gasteiger charge is 2.21. The molecule has 0 spiro atoms. The van der Waals surface area contributed by atoms with Crippen LogP contribution in [0.15, 0.2) is 30.3 Å². The molecule has 2 N–H and O–H groups in total. The molecule has 0 bridgehead atoms. The molecular weight excluding hydrogens is 332 g/mol. The van der Waals surface area contributed by atoms with E-state index in [1.807, 2.05) is 6.07 Å². The average molecular weight is 345 g/mol. The monoisotopic (exact) mass is 344 g/mol. The molecule has 4 rings (SSSR count). The minimum atomic E-state index is -0.341. The Hall–Kier alpha value is -2.73. The van der Waals surface area contributed by atoms with E-state index >= 15 is 0 Å². The van der Waals surface area contributed by atoms with E-state index in [1.165, 1.54) is 6.07 Å². The summed E-state index contributed by atoms with van der Waals surface area (Å²) in [5, 5.41) is 5.88. The van der Waals surface area contributed by atoms with E-state index in [9.17, 15) is 9.59 Å². The topological polar surface area (TPSA) is 76.7 Å². The lowest BCUT2D eigenvalue weighted by atomic mass is 10.00. The first-order valence-corrected chi connectivity index (χ1v) is 7.81. The van der Waals surface area contributed by atoms with Gasteiger partial charge in [-0.05, 0) is 36.2 Å². The van der Waals surface area contributed by atoms with E-state index in [0.29, 0.717) is 39.9 Å². The Balaban J connectivity index is 1.60. The molecule has 0 aliphatic carbocycles. The third-order valence-corrected chi connectivity index (χ3v) is 4.26. The molecule has 2 amide bonds. The van der Waals surface area contributed by atoms with Gasteiger partial charge in [0.2, 0.25) is 6.79 Å². The van der Waals surface area contributed by atoms with Crippen molar-refractivity contribution in [2.75, 3.05) is 18.7 Å². The third kappa shape index (κ3) is 2.55. The van der Waals surface area contributed by atoms with Crippen LogP contribution in [0.4, 0.5) is 5.69 Å². The summed E-state index contributed by atoms with van der Waals surface area (Å²) in [6, 6.07) is 8.42. The minimum Gasteiger partial charge on any atom is -0.454 e. The summed E-state index contributed by atoms with van der Waals surface area (Å²) >= 11 is 6.10. The zero-order valence-electron chi connectivity index (χ0n) is 12.5. The number of ether oxygens (including phenoxy) is 2. The van der Waals surface area contributed by atoms with Crippen LogP contribution in [0.25, 0.3) is 0 Å². The molecule has 2 aliphatic rings. The van der Waals surface area contributed by atoms with Gasteiger partial charge in [-0.25, -0.2) is 0 Å². The summed E-state index contributed by atoms with van der Waals surface area (Å²) in [6.45, 7) is 0.716. The number of carbonyl (C=O) groups excluding carboxylic acids is 2. The van der Waals surface area contributed by atoms with Crippen LogP contribution < -0.4 is 20.1 Å². The number of nitrogens with one attached hydrogen (secondary N) is 2. The summed E-state index contributed by atoms with van der Waals surface area (Å²) in [7, 11) is 0. The molecular formula is C17H13ClN2O4. The molecule has 2 aromatic carbocycles. The van der Waals surface area contributed by atoms with E-state index < -0.39 is 0 Å². The van der Waals surface area contributed by atoms with Gasteiger partial charge in [-0.2, -0.15) is 0 Å². The molecule has 0 atom stereocenters. The van der Waals surface area contributed by atoms with Gasteiger partial charge in [-0.1, -0.05) is 17.7 Å². The summed E-state index contributed by atoms with van der Waals surface area (Å²) < 4.78 is 10.5. The number of fused-ring (bicyclic) bond motifs is 2. The molecule has 7 heteroatoms. The second-order valence-corrected chi connectivity index (χ2v) is 5.93. The summed E-state index contributed by atoms with van der Waals surface area (Å²) in [5.41, 5.74) is 2.46. The summed E-state index contributed by atoms with van der Waals surface area (Å²) in [4.78, 5) is 24.3. The largest absolute Gasteiger partial charge is 0.454 e. The number of carbonyl (C=O) groups is 2. The Morgan fingerprint density at radius 2 is 2.08 bits per heavy atom. The van der Waals surface area contributed by atoms with Crippen LogP contribution in [0.1, 0.15) is 26.3 Å². The lowest BCUT2D eigenvalue weighted by Gasteiger charge is -2.17. The van der Waals surface area contributed by atoms with Gasteiger partial charge >= 0.3 is 0 Å². The molecule has 24 heavy (non-hydrogen) atoms. The quantitative estimate of drug-likeness (QED) is 0.878. The van der Waals surface area contributed by atoms with Gasteiger partial charge in [0, 0.05) is 23.4 Å². The van der Waals surface area contributed by atoms with Gasteiger partial charge < -0.3 is 20.1 Å². The number of benzene rings is 2. The van der Waals surface area contributed by atoms with Crippen LogP contribution in [0.3, 0.4) is 0 Å². The van der Waals surface area contributed by atoms with Crippen LogP contribution in [0.2, 0.25) is 5.02 Å². The third-order valence-electron chi connectivity index (χ3n) is 3.98. The fraction of sp³-hybridized carbons (Fsp3) is 0.176. The maximum absolute atomic E-state index is 12.4. The van der Waals surface area contributed by atoms with Crippen LogP contribution in [0.5, 0.6) is 11.5 Å². The zero-order chi connectivity index (χ0) is 16.7. The van der Waals surface area contributed by atoms with Gasteiger partial charge in [0.25, 0.3) is 11.8 Å². The molecule has 0 fully saturated rings. The van der Waals surface area contributed by atoms with Gasteiger partial charge in [-0.15, -0.1) is 0 Å². The van der Waals surface area contributed by atoms with Crippen LogP contribution in [0, 0.1) is 0 Å². The van der Waals surface area contributed by atoms with Gasteiger partial charge in [-0.3, -0.25) is 9.59 Å². The first kappa shape index (κ1) is 14.8. The van der Waals surface area contributed by atoms with Crippen LogP contribution in [-0.4, -0.2) is 25.2 Å². The fourth-order valence-electron chi connectivity index (χ4n) is 2.79. The van der Waals surface area contributed by atoms with Gasteiger partial charge in [0.1, 0.15) is 0 Å². The molecule has 0 aromatic heterocycles. The Labute approximate surface area is 142 Å². The highest BCUT2D eigenvalue weighted by Crippen LogP contribution is 2.39. The van der Waals surface area contributed by atoms with E-state index in [4.69, 9.17) is 21.1 Å². The second kappa shape index (κ2) is 5.72. The fourth-order valence-corrected chi connectivity index (χ4v) is 3.06. The van der Waals surface area contributed by atoms with E-state index in [2.05, 4.69) is 10.6 Å². The van der Waals surface area contributed by atoms with Crippen molar-refractivity contribution in [1.29, 1.82) is 0 Å². The average Bonchev–Trinajstić information content (AvgIpc) is 3.05. The molecule has 0 saturated carbocycles. The number of amides is 2. The SMILES string of the molecule is O=C(Nc1ccc2c(c1)C(=O)NCC2)c1cc(Cl)c2c(c1)OCO2. The molecule has 2 aromatic rings. The Kier molecular flexibility index (Phi) is 3.54. The van der Waals surface area contributed by atoms with Crippen LogP contribution >= 0.6 is 11.6 Å². The van der Waals surface area contributed by atoms with Crippen molar-refractivity contribution in [3.63, 3.8) is 0 Å². The molecule has 2 aliphatic heterocycles. The van der Waals surface area contributed by atoms with E-state index in [0.717, 1.165) is 12.0 Å². The molecule has 0 unspecified atom stereocenters. The van der Waals surface area contributed by atoms with Crippen LogP contribution in [-0.2, 0) is 6.42 Å². The van der Waals surface area contributed by atoms with Crippen molar-refractivity contribution >= 4 is 29.1 Å². The minimum absolute atomic E-state index is 0.0834. The van der Waals surface area contributed by atoms with Crippen molar-refractivity contribution in [3.05, 3.63) is 52.0 Å². The molecule has 0 radical (unpaired) electrons. The number of rotatable bonds is 2. The lowest BCUT2D eigenvalue weighted by molar-refractivity contribution is 0.0944. The van der Waals surface area contributed by atoms with Crippen molar-refractivity contribution < 1.29 is 19.1 Å². The number of halogens is 1. The maximum atomic E-state index is 12.4. The summed E-state index contributed by atoms with van der Waals surface area (Å²) in [5.74, 6) is 0.418. The molecule has 6 nitrogen and oxygen atoms in total. The van der Waals surface area contributed by atoms with Crippen molar-refractivity contribution in [3.8, 4) is 11.5 Å². The van der Waals surface area contributed by atoms with Gasteiger partial charge in [0.05, 0.1) is 5.02 Å². The first-order valence-electron chi connectivity index (χ1n) is 7.43. The van der Waals surface area contributed by atoms with E-state index in [1.54, 1.807) is 18.2 Å². The maximum Gasteiger partial charge on any atom is 0.255 e. The van der Waals surface area contributed by atoms with Crippen molar-refractivity contribution in [2.24, 2.45) is 0 Å². The van der Waals surface area contributed by atoms with Crippen molar-refractivity contribution in [2.45, 2.75) is 6.42 Å². The second-order valence-electron chi connectivity index (χ2n) is 5.52. The number of hydrogen-bond donors (Lipinski definition) is 2. The lowest BCUT2D eigenvalue weighted by Crippen LogP contribution is -2.31. The highest BCUT2D eigenvalue weighted by atomic mass is 35.5. The van der Waals surface area contributed by atoms with E-state index in [-0.39, 0.29) is 18.6 Å². The Morgan fingerprint density at radius 3 is 2.96 bits per heavy atom. The standard InChI is InChI=1S/C17H13ClN2O4/c18-13-5-10(6-14-15(13)24-8-23-14)16(21)20-11-2-1-9-3-4-19-17(22)12(9)7-11/h1-2,5-7H,3-4,8H2,(H,19,22)(H,20,21). The predicted octanol–water partition coefficient (Wildman–Crippen LogP) is 2.61. The van der Waals surface area contributed by atoms with Gasteiger partial charge in [0.15, 0.2) is 11.5 Å². The molecule has 2 heterocycles. The number of anilines is 1. The number of hydrogen-bond acceptors (Lipinski definition) is 4. The Bertz CT molecular complexity index is 866. The first-order chi connectivity index (χ1) is 11.6. The van der Waals surface area contributed by atoms with Crippen molar-refractivity contribution in [1.82, 2.24) is 5.32 Å².